The fourth-order valence-corrected chi connectivity index (χ4v) is 3.61. The van der Waals surface area contributed by atoms with E-state index >= 15 is 0 Å². The van der Waals surface area contributed by atoms with Crippen molar-refractivity contribution in [2.75, 3.05) is 6.61 Å². The largest absolute Gasteiger partial charge is 0.494 e. The second-order valence-electron chi connectivity index (χ2n) is 8.25. The van der Waals surface area contributed by atoms with E-state index in [1.54, 1.807) is 6.08 Å². The lowest BCUT2D eigenvalue weighted by atomic mass is 10.1. The Hall–Kier alpha value is -3.59. The summed E-state index contributed by atoms with van der Waals surface area (Å²) in [6.45, 7) is 6.65. The van der Waals surface area contributed by atoms with E-state index in [2.05, 4.69) is 13.5 Å². The van der Waals surface area contributed by atoms with E-state index in [-0.39, 0.29) is 11.9 Å². The lowest BCUT2D eigenvalue weighted by molar-refractivity contribution is 0.104. The highest BCUT2D eigenvalue weighted by Crippen LogP contribution is 2.19. The Bertz CT molecular complexity index is 1030. The maximum Gasteiger partial charge on any atom is 0.185 e. The van der Waals surface area contributed by atoms with Gasteiger partial charge in [-0.15, -0.1) is 0 Å². The molecule has 176 valence electrons. The second kappa shape index (κ2) is 13.8. The predicted molar refractivity (Wildman–Crippen MR) is 141 cm³/mol. The molecule has 1 unspecified atom stereocenters. The van der Waals surface area contributed by atoms with Gasteiger partial charge >= 0.3 is 0 Å². The van der Waals surface area contributed by atoms with Crippen molar-refractivity contribution in [2.45, 2.75) is 45.1 Å². The molecule has 0 saturated heterocycles. The molecule has 0 fully saturated rings. The number of allylic oxidation sites excluding steroid dienone is 1. The maximum atomic E-state index is 12.2. The van der Waals surface area contributed by atoms with Crippen LogP contribution in [0.2, 0.25) is 0 Å². The third-order valence-electron chi connectivity index (χ3n) is 5.68. The maximum absolute atomic E-state index is 12.2. The van der Waals surface area contributed by atoms with E-state index in [1.165, 1.54) is 0 Å². The van der Waals surface area contributed by atoms with E-state index in [0.29, 0.717) is 5.56 Å². The van der Waals surface area contributed by atoms with Crippen LogP contribution in [0.3, 0.4) is 0 Å². The van der Waals surface area contributed by atoms with Crippen molar-refractivity contribution in [1.82, 2.24) is 0 Å². The van der Waals surface area contributed by atoms with Crippen LogP contribution in [0.1, 0.15) is 60.5 Å². The highest BCUT2D eigenvalue weighted by molar-refractivity contribution is 6.06. The minimum atomic E-state index is 0.00275. The van der Waals surface area contributed by atoms with Gasteiger partial charge in [0.1, 0.15) is 11.5 Å². The number of ketones is 1. The van der Waals surface area contributed by atoms with Crippen LogP contribution in [-0.4, -0.2) is 18.5 Å². The Balaban J connectivity index is 1.36. The monoisotopic (exact) mass is 454 g/mol. The summed E-state index contributed by atoms with van der Waals surface area (Å²) in [6.07, 6.45) is 10.7. The van der Waals surface area contributed by atoms with E-state index in [0.717, 1.165) is 61.3 Å². The Morgan fingerprint density at radius 2 is 1.53 bits per heavy atom. The second-order valence-corrected chi connectivity index (χ2v) is 8.25. The van der Waals surface area contributed by atoms with Gasteiger partial charge in [0, 0.05) is 5.56 Å². The number of carbonyl (C=O) groups is 1. The zero-order chi connectivity index (χ0) is 24.0. The van der Waals surface area contributed by atoms with Gasteiger partial charge in [0.2, 0.25) is 0 Å². The van der Waals surface area contributed by atoms with E-state index in [9.17, 15) is 4.79 Å². The zero-order valence-electron chi connectivity index (χ0n) is 20.0. The molecule has 1 atom stereocenters. The molecule has 0 aliphatic carbocycles. The van der Waals surface area contributed by atoms with Gasteiger partial charge in [0.05, 0.1) is 12.7 Å². The zero-order valence-corrected chi connectivity index (χ0v) is 20.0. The van der Waals surface area contributed by atoms with Crippen LogP contribution in [-0.2, 0) is 0 Å². The first kappa shape index (κ1) is 25.0. The van der Waals surface area contributed by atoms with Gasteiger partial charge in [-0.05, 0) is 73.6 Å². The lowest BCUT2D eigenvalue weighted by Crippen LogP contribution is -2.15. The first-order chi connectivity index (χ1) is 16.7. The van der Waals surface area contributed by atoms with Crippen LogP contribution >= 0.6 is 0 Å². The molecule has 3 nitrogen and oxygen atoms in total. The van der Waals surface area contributed by atoms with Crippen LogP contribution in [0.4, 0.5) is 0 Å². The van der Waals surface area contributed by atoms with Gasteiger partial charge in [-0.2, -0.15) is 0 Å². The third-order valence-corrected chi connectivity index (χ3v) is 5.68. The van der Waals surface area contributed by atoms with Crippen molar-refractivity contribution < 1.29 is 14.3 Å². The smallest absolute Gasteiger partial charge is 0.185 e. The van der Waals surface area contributed by atoms with Gasteiger partial charge in [-0.25, -0.2) is 0 Å². The SMILES string of the molecule is C=Cc1ccc(OCCCCCC(CC)Oc2ccc(C=CC(=O)c3ccccc3)cc2)cc1. The van der Waals surface area contributed by atoms with Gasteiger partial charge in [-0.1, -0.05) is 80.3 Å². The van der Waals surface area contributed by atoms with Crippen molar-refractivity contribution >= 4 is 17.9 Å². The van der Waals surface area contributed by atoms with Crippen LogP contribution in [0.15, 0.2) is 91.5 Å². The van der Waals surface area contributed by atoms with Crippen molar-refractivity contribution in [1.29, 1.82) is 0 Å². The van der Waals surface area contributed by atoms with Crippen LogP contribution in [0.25, 0.3) is 12.2 Å². The Morgan fingerprint density at radius 1 is 0.853 bits per heavy atom. The number of rotatable bonds is 14. The van der Waals surface area contributed by atoms with Crippen molar-refractivity contribution in [3.8, 4) is 11.5 Å². The minimum Gasteiger partial charge on any atom is -0.494 e. The van der Waals surface area contributed by atoms with E-state index < -0.39 is 0 Å². The summed E-state index contributed by atoms with van der Waals surface area (Å²) in [5, 5.41) is 0. The highest BCUT2D eigenvalue weighted by Gasteiger charge is 2.08. The topological polar surface area (TPSA) is 35.5 Å². The lowest BCUT2D eigenvalue weighted by Gasteiger charge is -2.17. The number of benzene rings is 3. The summed E-state index contributed by atoms with van der Waals surface area (Å²) in [5.41, 5.74) is 2.77. The standard InChI is InChI=1S/C31H34O3/c1-3-25-14-19-29(20-15-25)33-24-10-6-9-13-28(4-2)34-30-21-16-26(17-22-30)18-23-31(32)27-11-7-5-8-12-27/h3,5,7-8,11-12,14-23,28H,1,4,6,9-10,13,24H2,2H3. The molecule has 0 aliphatic rings. The molecule has 0 radical (unpaired) electrons. The van der Waals surface area contributed by atoms with Gasteiger partial charge in [0.25, 0.3) is 0 Å². The molecular formula is C31H34O3. The quantitative estimate of drug-likeness (QED) is 0.140. The van der Waals surface area contributed by atoms with E-state index in [1.807, 2.05) is 91.0 Å². The molecule has 0 aliphatic heterocycles. The van der Waals surface area contributed by atoms with Crippen LogP contribution in [0, 0.1) is 0 Å². The molecule has 3 aromatic carbocycles. The number of carbonyl (C=O) groups excluding carboxylic acids is 1. The molecule has 0 amide bonds. The van der Waals surface area contributed by atoms with E-state index in [4.69, 9.17) is 9.47 Å². The highest BCUT2D eigenvalue weighted by atomic mass is 16.5. The Kier molecular flexibility index (Phi) is 10.2. The molecule has 0 saturated carbocycles. The van der Waals surface area contributed by atoms with Crippen molar-refractivity contribution in [3.63, 3.8) is 0 Å². The van der Waals surface area contributed by atoms with Crippen molar-refractivity contribution in [3.05, 3.63) is 108 Å². The average Bonchev–Trinajstić information content (AvgIpc) is 2.90. The first-order valence-corrected chi connectivity index (χ1v) is 12.1. The number of ether oxygens (including phenoxy) is 2. The van der Waals surface area contributed by atoms with Crippen molar-refractivity contribution in [2.24, 2.45) is 0 Å². The van der Waals surface area contributed by atoms with Gasteiger partial charge in [0.15, 0.2) is 5.78 Å². The summed E-state index contributed by atoms with van der Waals surface area (Å²) in [7, 11) is 0. The fourth-order valence-electron chi connectivity index (χ4n) is 3.61. The molecule has 3 aromatic rings. The van der Waals surface area contributed by atoms with Gasteiger partial charge in [-0.3, -0.25) is 4.79 Å². The molecule has 3 heteroatoms. The molecule has 0 heterocycles. The summed E-state index contributed by atoms with van der Waals surface area (Å²) < 4.78 is 12.0. The number of hydrogen-bond acceptors (Lipinski definition) is 3. The summed E-state index contributed by atoms with van der Waals surface area (Å²) in [4.78, 5) is 12.2. The number of hydrogen-bond donors (Lipinski definition) is 0. The average molecular weight is 455 g/mol. The molecule has 0 aromatic heterocycles. The molecular weight excluding hydrogens is 420 g/mol. The summed E-state index contributed by atoms with van der Waals surface area (Å²) in [6, 6.07) is 25.2. The minimum absolute atomic E-state index is 0.00275. The first-order valence-electron chi connectivity index (χ1n) is 12.1. The molecule has 0 spiro atoms. The molecule has 34 heavy (non-hydrogen) atoms. The summed E-state index contributed by atoms with van der Waals surface area (Å²) in [5.74, 6) is 1.77. The number of unbranched alkanes of at least 4 members (excludes halogenated alkanes) is 2. The molecule has 3 rings (SSSR count). The Labute approximate surface area is 203 Å². The van der Waals surface area contributed by atoms with Gasteiger partial charge < -0.3 is 9.47 Å². The predicted octanol–water partition coefficient (Wildman–Crippen LogP) is 8.02. The van der Waals surface area contributed by atoms with Crippen LogP contribution in [0.5, 0.6) is 11.5 Å². The molecule has 0 N–H and O–H groups in total. The third kappa shape index (κ3) is 8.40. The van der Waals surface area contributed by atoms with Crippen LogP contribution < -0.4 is 9.47 Å². The summed E-state index contributed by atoms with van der Waals surface area (Å²) >= 11 is 0. The Morgan fingerprint density at radius 3 is 2.21 bits per heavy atom. The fraction of sp³-hybridized carbons (Fsp3) is 0.258. The normalized spacial score (nSPS) is 11.8. The molecule has 0 bridgehead atoms.